The number of hydrogen-bond acceptors (Lipinski definition) is 6. The monoisotopic (exact) mass is 337 g/mol. The van der Waals surface area contributed by atoms with Crippen LogP contribution in [0.25, 0.3) is 6.08 Å². The van der Waals surface area contributed by atoms with Crippen LogP contribution >= 0.6 is 24.0 Å². The second-order valence-corrected chi connectivity index (χ2v) is 6.25. The van der Waals surface area contributed by atoms with Crippen LogP contribution in [0, 0.1) is 0 Å². The summed E-state index contributed by atoms with van der Waals surface area (Å²) >= 11 is 6.33. The summed E-state index contributed by atoms with van der Waals surface area (Å²) in [6.07, 6.45) is 1.68. The average Bonchev–Trinajstić information content (AvgIpc) is 2.75. The predicted octanol–water partition coefficient (Wildman–Crippen LogP) is 2.55. The number of nitrogens with zero attached hydrogens (tertiary/aromatic N) is 1. The van der Waals surface area contributed by atoms with E-state index in [1.165, 1.54) is 17.0 Å². The van der Waals surface area contributed by atoms with Gasteiger partial charge in [0.2, 0.25) is 0 Å². The van der Waals surface area contributed by atoms with Crippen LogP contribution in [-0.4, -0.2) is 38.9 Å². The van der Waals surface area contributed by atoms with Gasteiger partial charge in [0.05, 0.1) is 11.5 Å². The van der Waals surface area contributed by atoms with E-state index >= 15 is 0 Å². The number of esters is 1. The molecule has 1 aromatic rings. The number of ether oxygens (including phenoxy) is 1. The summed E-state index contributed by atoms with van der Waals surface area (Å²) in [5.41, 5.74) is 0.766. The van der Waals surface area contributed by atoms with Crippen molar-refractivity contribution >= 4 is 46.3 Å². The van der Waals surface area contributed by atoms with Gasteiger partial charge in [-0.1, -0.05) is 36.1 Å². The predicted molar refractivity (Wildman–Crippen MR) is 89.2 cm³/mol. The summed E-state index contributed by atoms with van der Waals surface area (Å²) in [7, 11) is 0. The lowest BCUT2D eigenvalue weighted by molar-refractivity contribution is -0.149. The lowest BCUT2D eigenvalue weighted by Crippen LogP contribution is -2.42. The third-order valence-electron chi connectivity index (χ3n) is 3.03. The Morgan fingerprint density at radius 2 is 2.09 bits per heavy atom. The number of phenols is 1. The molecular formula is C15H15NO4S2. The Morgan fingerprint density at radius 1 is 1.45 bits per heavy atom. The highest BCUT2D eigenvalue weighted by atomic mass is 32.2. The highest BCUT2D eigenvalue weighted by Gasteiger charge is 2.38. The fourth-order valence-electron chi connectivity index (χ4n) is 1.90. The molecule has 0 bridgehead atoms. The number of hydrogen-bond donors (Lipinski definition) is 1. The molecule has 116 valence electrons. The third kappa shape index (κ3) is 3.48. The Morgan fingerprint density at radius 3 is 2.68 bits per heavy atom. The number of thioether (sulfide) groups is 1. The zero-order valence-electron chi connectivity index (χ0n) is 12.1. The molecule has 1 saturated heterocycles. The maximum absolute atomic E-state index is 12.4. The molecule has 0 aliphatic carbocycles. The first-order valence-electron chi connectivity index (χ1n) is 6.66. The Balaban J connectivity index is 2.21. The largest absolute Gasteiger partial charge is 0.508 e. The molecule has 7 heteroatoms. The van der Waals surface area contributed by atoms with E-state index < -0.39 is 12.0 Å². The van der Waals surface area contributed by atoms with Gasteiger partial charge in [-0.2, -0.15) is 0 Å². The van der Waals surface area contributed by atoms with Gasteiger partial charge < -0.3 is 9.84 Å². The summed E-state index contributed by atoms with van der Waals surface area (Å²) in [6, 6.07) is 5.70. The highest BCUT2D eigenvalue weighted by Crippen LogP contribution is 2.34. The number of benzene rings is 1. The van der Waals surface area contributed by atoms with E-state index in [4.69, 9.17) is 17.0 Å². The highest BCUT2D eigenvalue weighted by molar-refractivity contribution is 8.26. The van der Waals surface area contributed by atoms with Crippen LogP contribution in [0.4, 0.5) is 0 Å². The van der Waals surface area contributed by atoms with Crippen molar-refractivity contribution in [1.82, 2.24) is 4.90 Å². The molecule has 1 aliphatic heterocycles. The Hall–Kier alpha value is -1.86. The van der Waals surface area contributed by atoms with Gasteiger partial charge in [-0.25, -0.2) is 4.79 Å². The molecule has 0 radical (unpaired) electrons. The minimum Gasteiger partial charge on any atom is -0.508 e. The summed E-state index contributed by atoms with van der Waals surface area (Å²) in [4.78, 5) is 25.9. The van der Waals surface area contributed by atoms with Gasteiger partial charge in [-0.15, -0.1) is 0 Å². The van der Waals surface area contributed by atoms with Crippen molar-refractivity contribution in [1.29, 1.82) is 0 Å². The molecular weight excluding hydrogens is 322 g/mol. The minimum atomic E-state index is -0.752. The van der Waals surface area contributed by atoms with Gasteiger partial charge in [0.1, 0.15) is 16.1 Å². The summed E-state index contributed by atoms with van der Waals surface area (Å²) < 4.78 is 5.26. The number of amides is 1. The molecule has 1 unspecified atom stereocenters. The van der Waals surface area contributed by atoms with Gasteiger partial charge in [0.25, 0.3) is 5.91 Å². The van der Waals surface area contributed by atoms with E-state index in [0.29, 0.717) is 9.23 Å². The van der Waals surface area contributed by atoms with Crippen LogP contribution < -0.4 is 0 Å². The molecule has 0 aromatic heterocycles. The fraction of sp³-hybridized carbons (Fsp3) is 0.267. The second-order valence-electron chi connectivity index (χ2n) is 4.57. The maximum Gasteiger partial charge on any atom is 0.329 e. The molecule has 1 amide bonds. The van der Waals surface area contributed by atoms with E-state index in [9.17, 15) is 14.7 Å². The molecule has 0 saturated carbocycles. The van der Waals surface area contributed by atoms with Crippen molar-refractivity contribution in [3.8, 4) is 5.75 Å². The number of thiocarbonyl (C=S) groups is 1. The van der Waals surface area contributed by atoms with E-state index in [2.05, 4.69) is 0 Å². The average molecular weight is 337 g/mol. The molecule has 1 aliphatic rings. The number of carbonyl (C=O) groups excluding carboxylic acids is 2. The first-order valence-corrected chi connectivity index (χ1v) is 7.89. The molecule has 5 nitrogen and oxygen atoms in total. The van der Waals surface area contributed by atoms with Crippen molar-refractivity contribution in [2.75, 3.05) is 6.61 Å². The number of phenolic OH excluding ortho intramolecular Hbond substituents is 1. The summed E-state index contributed by atoms with van der Waals surface area (Å²) in [5.74, 6) is -0.644. The van der Waals surface area contributed by atoms with Crippen LogP contribution in [0.5, 0.6) is 5.75 Å². The van der Waals surface area contributed by atoms with Crippen LogP contribution in [0.15, 0.2) is 29.2 Å². The second kappa shape index (κ2) is 6.93. The van der Waals surface area contributed by atoms with Crippen LogP contribution in [0.3, 0.4) is 0 Å². The molecule has 1 fully saturated rings. The van der Waals surface area contributed by atoms with Gasteiger partial charge in [0.15, 0.2) is 0 Å². The maximum atomic E-state index is 12.4. The number of carbonyl (C=O) groups is 2. The van der Waals surface area contributed by atoms with Crippen molar-refractivity contribution in [2.45, 2.75) is 19.9 Å². The first kappa shape index (κ1) is 16.5. The van der Waals surface area contributed by atoms with Crippen molar-refractivity contribution in [3.63, 3.8) is 0 Å². The number of aromatic hydroxyl groups is 1. The van der Waals surface area contributed by atoms with Gasteiger partial charge in [-0.05, 0) is 37.6 Å². The zero-order valence-corrected chi connectivity index (χ0v) is 13.7. The zero-order chi connectivity index (χ0) is 16.3. The lowest BCUT2D eigenvalue weighted by Gasteiger charge is -2.21. The lowest BCUT2D eigenvalue weighted by atomic mass is 10.2. The smallest absolute Gasteiger partial charge is 0.329 e. The molecule has 1 aromatic carbocycles. The van der Waals surface area contributed by atoms with E-state index in [0.717, 1.165) is 17.3 Å². The molecule has 0 spiro atoms. The van der Waals surface area contributed by atoms with Crippen molar-refractivity contribution < 1.29 is 19.4 Å². The molecule has 1 atom stereocenters. The van der Waals surface area contributed by atoms with Gasteiger partial charge >= 0.3 is 5.97 Å². The molecule has 1 heterocycles. The van der Waals surface area contributed by atoms with Crippen LogP contribution in [0.1, 0.15) is 19.4 Å². The molecule has 2 rings (SSSR count). The number of rotatable bonds is 4. The Kier molecular flexibility index (Phi) is 5.20. The Labute approximate surface area is 137 Å². The van der Waals surface area contributed by atoms with E-state index in [1.807, 2.05) is 0 Å². The third-order valence-corrected chi connectivity index (χ3v) is 4.36. The molecule has 22 heavy (non-hydrogen) atoms. The topological polar surface area (TPSA) is 66.8 Å². The first-order chi connectivity index (χ1) is 10.4. The Bertz CT molecular complexity index is 639. The van der Waals surface area contributed by atoms with Crippen LogP contribution in [-0.2, 0) is 14.3 Å². The quantitative estimate of drug-likeness (QED) is 0.517. The fourth-order valence-corrected chi connectivity index (χ4v) is 3.32. The van der Waals surface area contributed by atoms with Gasteiger partial charge in [-0.3, -0.25) is 9.69 Å². The standard InChI is InChI=1S/C15H15NO4S2/c1-3-20-14(19)9(2)16-13(18)12(22-15(16)21)8-10-4-6-11(17)7-5-10/h4-9,17H,3H2,1-2H3/b12-8-. The van der Waals surface area contributed by atoms with E-state index in [-0.39, 0.29) is 18.3 Å². The summed E-state index contributed by atoms with van der Waals surface area (Å²) in [5, 5.41) is 9.26. The van der Waals surface area contributed by atoms with Crippen molar-refractivity contribution in [3.05, 3.63) is 34.7 Å². The summed E-state index contributed by atoms with van der Waals surface area (Å²) in [6.45, 7) is 3.55. The minimum absolute atomic E-state index is 0.153. The SMILES string of the molecule is CCOC(=O)C(C)N1C(=O)/C(=C/c2ccc(O)cc2)SC1=S. The van der Waals surface area contributed by atoms with Gasteiger partial charge in [0, 0.05) is 0 Å². The van der Waals surface area contributed by atoms with E-state index in [1.54, 1.807) is 32.1 Å². The normalized spacial score (nSPS) is 17.9. The molecule has 1 N–H and O–H groups in total. The van der Waals surface area contributed by atoms with Crippen LogP contribution in [0.2, 0.25) is 0 Å². The van der Waals surface area contributed by atoms with Crippen molar-refractivity contribution in [2.24, 2.45) is 0 Å².